The van der Waals surface area contributed by atoms with E-state index >= 15 is 0 Å². The van der Waals surface area contributed by atoms with Crippen molar-refractivity contribution < 1.29 is 27.5 Å². The van der Waals surface area contributed by atoms with Crippen molar-refractivity contribution in [2.45, 2.75) is 26.2 Å². The third kappa shape index (κ3) is 4.08. The molecular weight excluding hydrogens is 529 g/mol. The fourth-order valence-corrected chi connectivity index (χ4v) is 4.92. The Bertz CT molecular complexity index is 1790. The van der Waals surface area contributed by atoms with Crippen molar-refractivity contribution in [2.24, 2.45) is 0 Å². The second-order valence-corrected chi connectivity index (χ2v) is 9.15. The van der Waals surface area contributed by atoms with E-state index < -0.39 is 23.4 Å². The van der Waals surface area contributed by atoms with E-state index in [9.17, 15) is 22.8 Å². The minimum Gasteiger partial charge on any atom is -0.494 e. The number of halogens is 3. The van der Waals surface area contributed by atoms with Crippen molar-refractivity contribution in [1.29, 1.82) is 0 Å². The summed E-state index contributed by atoms with van der Waals surface area (Å²) in [6.07, 6.45) is 1.16. The van der Waals surface area contributed by atoms with E-state index in [2.05, 4.69) is 25.0 Å². The number of hydrogen-bond acceptors (Lipinski definition) is 7. The molecule has 5 heterocycles. The van der Waals surface area contributed by atoms with Gasteiger partial charge in [-0.1, -0.05) is 18.2 Å². The Kier molecular flexibility index (Phi) is 5.89. The molecule has 11 nitrogen and oxygen atoms in total. The number of carbonyl (C=O) groups excluding carboxylic acids is 2. The Morgan fingerprint density at radius 2 is 1.88 bits per heavy atom. The van der Waals surface area contributed by atoms with Crippen LogP contribution in [0.3, 0.4) is 0 Å². The average Bonchev–Trinajstić information content (AvgIpc) is 3.69. The van der Waals surface area contributed by atoms with Gasteiger partial charge in [0.1, 0.15) is 23.7 Å². The molecule has 0 bridgehead atoms. The quantitative estimate of drug-likeness (QED) is 0.262. The number of nitrogens with one attached hydrogen (secondary N) is 1. The number of hydrogen-bond donors (Lipinski definition) is 1. The summed E-state index contributed by atoms with van der Waals surface area (Å²) < 4.78 is 49.3. The molecule has 1 aliphatic heterocycles. The molecule has 0 aliphatic carbocycles. The lowest BCUT2D eigenvalue weighted by Crippen LogP contribution is -2.42. The number of ketones is 1. The fraction of sp³-hybridized carbons (Fsp3) is 0.231. The minimum absolute atomic E-state index is 0.00230. The number of Topliss-reactive ketones (excluding diaryl/α,β-unsaturated/α-hetero) is 1. The number of alkyl halides is 3. The number of pyridine rings is 1. The third-order valence-corrected chi connectivity index (χ3v) is 6.80. The Labute approximate surface area is 224 Å². The number of benzene rings is 1. The number of imidazole rings is 1. The molecule has 0 fully saturated rings. The lowest BCUT2D eigenvalue weighted by atomic mass is 10.0. The SMILES string of the molecule is COc1cnc(-n2cnc(C)n2)c2[nH]cc(C(=O)C(=O)N3CCn4c(-c5ccccc5C(F)(F)F)cnc4C3)c12. The molecule has 0 radical (unpaired) electrons. The number of fused-ring (bicyclic) bond motifs is 2. The normalized spacial score (nSPS) is 13.5. The number of aromatic nitrogens is 7. The second-order valence-electron chi connectivity index (χ2n) is 9.15. The van der Waals surface area contributed by atoms with E-state index in [0.29, 0.717) is 34.1 Å². The Morgan fingerprint density at radius 3 is 2.60 bits per heavy atom. The van der Waals surface area contributed by atoms with E-state index in [0.717, 1.165) is 6.07 Å². The summed E-state index contributed by atoms with van der Waals surface area (Å²) in [5, 5.41) is 4.63. The first kappa shape index (κ1) is 25.3. The van der Waals surface area contributed by atoms with Crippen molar-refractivity contribution in [3.8, 4) is 22.8 Å². The van der Waals surface area contributed by atoms with Gasteiger partial charge < -0.3 is 19.2 Å². The number of H-pyrrole nitrogens is 1. The van der Waals surface area contributed by atoms with Crippen LogP contribution in [-0.2, 0) is 24.1 Å². The first-order chi connectivity index (χ1) is 19.2. The Hall–Kier alpha value is -5.01. The second kappa shape index (κ2) is 9.32. The van der Waals surface area contributed by atoms with Gasteiger partial charge in [0.2, 0.25) is 0 Å². The van der Waals surface area contributed by atoms with Gasteiger partial charge in [0.25, 0.3) is 11.7 Å². The molecule has 1 aromatic carbocycles. The molecule has 0 spiro atoms. The maximum absolute atomic E-state index is 13.6. The van der Waals surface area contributed by atoms with E-state index in [1.165, 1.54) is 59.8 Å². The Morgan fingerprint density at radius 1 is 1.07 bits per heavy atom. The first-order valence-electron chi connectivity index (χ1n) is 12.1. The number of nitrogens with zero attached hydrogens (tertiary/aromatic N) is 7. The number of aryl methyl sites for hydroxylation is 1. The summed E-state index contributed by atoms with van der Waals surface area (Å²) in [5.74, 6) is 0.00877. The van der Waals surface area contributed by atoms with Gasteiger partial charge in [-0.2, -0.15) is 18.3 Å². The highest BCUT2D eigenvalue weighted by atomic mass is 19.4. The van der Waals surface area contributed by atoms with Gasteiger partial charge in [0, 0.05) is 24.8 Å². The predicted molar refractivity (Wildman–Crippen MR) is 135 cm³/mol. The number of aromatic amines is 1. The lowest BCUT2D eigenvalue weighted by Gasteiger charge is -2.28. The van der Waals surface area contributed by atoms with Crippen LogP contribution in [0.2, 0.25) is 0 Å². The highest BCUT2D eigenvalue weighted by Gasteiger charge is 2.36. The molecule has 6 rings (SSSR count). The van der Waals surface area contributed by atoms with Crippen molar-refractivity contribution >= 4 is 22.6 Å². The maximum Gasteiger partial charge on any atom is 0.417 e. The summed E-state index contributed by atoms with van der Waals surface area (Å²) in [4.78, 5) is 43.9. The highest BCUT2D eigenvalue weighted by Crippen LogP contribution is 2.38. The monoisotopic (exact) mass is 550 g/mol. The van der Waals surface area contributed by atoms with Gasteiger partial charge in [-0.15, -0.1) is 0 Å². The van der Waals surface area contributed by atoms with Crippen LogP contribution in [0.4, 0.5) is 13.2 Å². The third-order valence-electron chi connectivity index (χ3n) is 6.80. The van der Waals surface area contributed by atoms with E-state index in [-0.39, 0.29) is 36.5 Å². The maximum atomic E-state index is 13.6. The molecule has 0 saturated carbocycles. The van der Waals surface area contributed by atoms with Crippen molar-refractivity contribution in [1.82, 2.24) is 39.2 Å². The summed E-state index contributed by atoms with van der Waals surface area (Å²) in [5.41, 5.74) is 0.0526. The zero-order chi connectivity index (χ0) is 28.2. The number of methoxy groups -OCH3 is 1. The Balaban J connectivity index is 1.30. The molecule has 0 atom stereocenters. The van der Waals surface area contributed by atoms with Gasteiger partial charge in [-0.25, -0.2) is 19.6 Å². The highest BCUT2D eigenvalue weighted by molar-refractivity contribution is 6.45. The van der Waals surface area contributed by atoms with E-state index in [4.69, 9.17) is 4.74 Å². The number of amides is 1. The average molecular weight is 551 g/mol. The van der Waals surface area contributed by atoms with Crippen LogP contribution in [-0.4, -0.2) is 64.5 Å². The van der Waals surface area contributed by atoms with Gasteiger partial charge in [0.15, 0.2) is 5.82 Å². The fourth-order valence-electron chi connectivity index (χ4n) is 4.92. The smallest absolute Gasteiger partial charge is 0.417 e. The van der Waals surface area contributed by atoms with Crippen LogP contribution >= 0.6 is 0 Å². The largest absolute Gasteiger partial charge is 0.494 e. The van der Waals surface area contributed by atoms with Crippen LogP contribution in [0.1, 0.15) is 27.6 Å². The van der Waals surface area contributed by atoms with Crippen LogP contribution in [0.15, 0.2) is 49.2 Å². The lowest BCUT2D eigenvalue weighted by molar-refractivity contribution is -0.137. The molecule has 5 aromatic rings. The summed E-state index contributed by atoms with van der Waals surface area (Å²) in [7, 11) is 1.43. The van der Waals surface area contributed by atoms with E-state index in [1.54, 1.807) is 11.5 Å². The number of rotatable bonds is 5. The van der Waals surface area contributed by atoms with E-state index in [1.807, 2.05) is 0 Å². The van der Waals surface area contributed by atoms with Crippen LogP contribution < -0.4 is 4.74 Å². The van der Waals surface area contributed by atoms with Gasteiger partial charge in [-0.3, -0.25) is 9.59 Å². The summed E-state index contributed by atoms with van der Waals surface area (Å²) in [6.45, 7) is 1.97. The topological polar surface area (TPSA) is 124 Å². The molecular formula is C26H21F3N8O3. The zero-order valence-electron chi connectivity index (χ0n) is 21.2. The van der Waals surface area contributed by atoms with Crippen LogP contribution in [0.25, 0.3) is 28.0 Å². The molecule has 40 heavy (non-hydrogen) atoms. The van der Waals surface area contributed by atoms with Gasteiger partial charge in [0.05, 0.1) is 53.8 Å². The van der Waals surface area contributed by atoms with Crippen molar-refractivity contribution in [3.63, 3.8) is 0 Å². The summed E-state index contributed by atoms with van der Waals surface area (Å²) in [6, 6.07) is 5.27. The first-order valence-corrected chi connectivity index (χ1v) is 12.1. The molecule has 14 heteroatoms. The molecule has 4 aromatic heterocycles. The molecule has 0 saturated heterocycles. The summed E-state index contributed by atoms with van der Waals surface area (Å²) >= 11 is 0. The number of carbonyl (C=O) groups is 2. The molecule has 1 N–H and O–H groups in total. The van der Waals surface area contributed by atoms with Crippen molar-refractivity contribution in [3.05, 3.63) is 72.0 Å². The standard InChI is InChI=1S/C26H21F3N8O3/c1-14-33-13-37(34-14)24-22-21(19(40-2)11-32-24)16(9-31-22)23(38)25(39)35-7-8-36-18(10-30-20(36)12-35)15-5-3-4-6-17(15)26(27,28)29/h3-6,9-11,13,31H,7-8,12H2,1-2H3. The van der Waals surface area contributed by atoms with Gasteiger partial charge >= 0.3 is 6.18 Å². The van der Waals surface area contributed by atoms with Crippen LogP contribution in [0, 0.1) is 6.92 Å². The zero-order valence-corrected chi connectivity index (χ0v) is 21.2. The number of ether oxygens (including phenoxy) is 1. The van der Waals surface area contributed by atoms with Crippen molar-refractivity contribution in [2.75, 3.05) is 13.7 Å². The van der Waals surface area contributed by atoms with Gasteiger partial charge in [-0.05, 0) is 13.0 Å². The molecule has 1 amide bonds. The molecule has 204 valence electrons. The molecule has 1 aliphatic rings. The van der Waals surface area contributed by atoms with Crippen LogP contribution in [0.5, 0.6) is 5.75 Å². The predicted octanol–water partition coefficient (Wildman–Crippen LogP) is 3.57. The minimum atomic E-state index is -4.53. The molecule has 0 unspecified atom stereocenters.